The number of rotatable bonds is 4. The van der Waals surface area contributed by atoms with E-state index in [9.17, 15) is 18.0 Å². The van der Waals surface area contributed by atoms with E-state index in [-0.39, 0.29) is 22.8 Å². The third kappa shape index (κ3) is 4.05. The Balaban J connectivity index is 1.83. The summed E-state index contributed by atoms with van der Waals surface area (Å²) in [6, 6.07) is 13.4. The molecule has 1 heterocycles. The van der Waals surface area contributed by atoms with E-state index in [4.69, 9.17) is 0 Å². The van der Waals surface area contributed by atoms with Gasteiger partial charge in [-0.2, -0.15) is 0 Å². The third-order valence-electron chi connectivity index (χ3n) is 5.30. The van der Waals surface area contributed by atoms with Gasteiger partial charge in [-0.25, -0.2) is 13.2 Å². The lowest BCUT2D eigenvalue weighted by Crippen LogP contribution is -2.40. The quantitative estimate of drug-likeness (QED) is 0.778. The first-order chi connectivity index (χ1) is 13.3. The van der Waals surface area contributed by atoms with Crippen molar-refractivity contribution in [3.8, 4) is 0 Å². The minimum atomic E-state index is -3.34. The minimum Gasteiger partial charge on any atom is -0.319 e. The number of hydrogen-bond acceptors (Lipinski definition) is 4. The fraction of sp³-hybridized carbons (Fsp3) is 0.364. The Morgan fingerprint density at radius 1 is 0.966 bits per heavy atom. The molecule has 1 aliphatic rings. The smallest absolute Gasteiger partial charge is 0.319 e. The summed E-state index contributed by atoms with van der Waals surface area (Å²) in [6.45, 7) is 8.18. The van der Waals surface area contributed by atoms with E-state index in [1.807, 2.05) is 24.3 Å². The van der Waals surface area contributed by atoms with Crippen molar-refractivity contribution >= 4 is 21.8 Å². The Kier molecular flexibility index (Phi) is 5.07. The van der Waals surface area contributed by atoms with E-state index < -0.39 is 21.4 Å². The Morgan fingerprint density at radius 2 is 1.52 bits per heavy atom. The predicted octanol–water partition coefficient (Wildman–Crippen LogP) is 3.35. The predicted molar refractivity (Wildman–Crippen MR) is 111 cm³/mol. The second-order valence-electron chi connectivity index (χ2n) is 8.69. The van der Waals surface area contributed by atoms with Crippen molar-refractivity contribution in [3.63, 3.8) is 0 Å². The summed E-state index contributed by atoms with van der Waals surface area (Å²) >= 11 is 0. The maximum atomic E-state index is 13.1. The van der Waals surface area contributed by atoms with Crippen LogP contribution in [-0.4, -0.2) is 31.5 Å². The fourth-order valence-corrected chi connectivity index (χ4v) is 3.99. The monoisotopic (exact) mass is 414 g/mol. The largest absolute Gasteiger partial charge is 0.325 e. The highest BCUT2D eigenvalue weighted by Gasteiger charge is 2.48. The maximum absolute atomic E-state index is 13.1. The molecule has 154 valence electrons. The van der Waals surface area contributed by atoms with Crippen LogP contribution in [0.3, 0.4) is 0 Å². The van der Waals surface area contributed by atoms with Crippen LogP contribution in [0, 0.1) is 0 Å². The van der Waals surface area contributed by atoms with Gasteiger partial charge in [0.05, 0.1) is 11.4 Å². The lowest BCUT2D eigenvalue weighted by molar-refractivity contribution is -0.131. The highest BCUT2D eigenvalue weighted by atomic mass is 32.2. The lowest BCUT2D eigenvalue weighted by atomic mass is 9.86. The van der Waals surface area contributed by atoms with Crippen LogP contribution in [0.2, 0.25) is 0 Å². The number of sulfone groups is 1. The molecule has 2 aromatic carbocycles. The van der Waals surface area contributed by atoms with Crippen molar-refractivity contribution in [3.05, 3.63) is 65.2 Å². The fourth-order valence-electron chi connectivity index (χ4n) is 3.36. The lowest BCUT2D eigenvalue weighted by Gasteiger charge is -2.23. The average Bonchev–Trinajstić information content (AvgIpc) is 2.85. The standard InChI is InChI=1S/C22H26N2O4S/c1-21(2,3)16-8-6-15(7-9-16)14-24-19(25)22(4,23-20(24)26)17-10-12-18(13-11-17)29(5,27)28/h6-13H,14H2,1-5H3,(H,23,26). The van der Waals surface area contributed by atoms with Gasteiger partial charge in [0.2, 0.25) is 0 Å². The van der Waals surface area contributed by atoms with E-state index in [1.54, 1.807) is 19.1 Å². The van der Waals surface area contributed by atoms with Crippen LogP contribution in [0.15, 0.2) is 53.4 Å². The number of urea groups is 1. The molecule has 0 bridgehead atoms. The molecule has 3 amide bonds. The second-order valence-corrected chi connectivity index (χ2v) is 10.7. The molecule has 0 spiro atoms. The van der Waals surface area contributed by atoms with Crippen LogP contribution >= 0.6 is 0 Å². The van der Waals surface area contributed by atoms with Crippen LogP contribution in [-0.2, 0) is 32.1 Å². The van der Waals surface area contributed by atoms with Crippen LogP contribution in [0.5, 0.6) is 0 Å². The molecule has 1 N–H and O–H groups in total. The normalized spacial score (nSPS) is 20.1. The number of hydrogen-bond donors (Lipinski definition) is 1. The Bertz CT molecular complexity index is 1050. The first-order valence-corrected chi connectivity index (χ1v) is 11.3. The first kappa shape index (κ1) is 21.0. The van der Waals surface area contributed by atoms with Gasteiger partial charge >= 0.3 is 6.03 Å². The maximum Gasteiger partial charge on any atom is 0.325 e. The summed E-state index contributed by atoms with van der Waals surface area (Å²) < 4.78 is 23.3. The van der Waals surface area contributed by atoms with Crippen molar-refractivity contribution in [1.29, 1.82) is 0 Å². The third-order valence-corrected chi connectivity index (χ3v) is 6.42. The molecule has 1 saturated heterocycles. The molecule has 1 atom stereocenters. The van der Waals surface area contributed by atoms with Crippen molar-refractivity contribution in [2.24, 2.45) is 0 Å². The van der Waals surface area contributed by atoms with E-state index >= 15 is 0 Å². The van der Waals surface area contributed by atoms with Crippen molar-refractivity contribution in [2.75, 3.05) is 6.26 Å². The highest BCUT2D eigenvalue weighted by molar-refractivity contribution is 7.90. The summed E-state index contributed by atoms with van der Waals surface area (Å²) in [5.74, 6) is -0.366. The van der Waals surface area contributed by atoms with Gasteiger partial charge in [-0.3, -0.25) is 9.69 Å². The SMILES string of the molecule is CC(C)(C)c1ccc(CN2C(=O)NC(C)(c3ccc(S(C)(=O)=O)cc3)C2=O)cc1. The molecule has 3 rings (SSSR count). The van der Waals surface area contributed by atoms with Crippen LogP contribution in [0.1, 0.15) is 44.4 Å². The number of nitrogens with one attached hydrogen (secondary N) is 1. The number of benzene rings is 2. The molecular weight excluding hydrogens is 388 g/mol. The molecule has 1 fully saturated rings. The van der Waals surface area contributed by atoms with Crippen LogP contribution < -0.4 is 5.32 Å². The Morgan fingerprint density at radius 3 is 2.00 bits per heavy atom. The minimum absolute atomic E-state index is 0.0239. The summed E-state index contributed by atoms with van der Waals surface area (Å²) in [6.07, 6.45) is 1.12. The molecular formula is C22H26N2O4S. The average molecular weight is 415 g/mol. The van der Waals surface area contributed by atoms with Crippen LogP contribution in [0.4, 0.5) is 4.79 Å². The number of carbonyl (C=O) groups excluding carboxylic acids is 2. The summed E-state index contributed by atoms with van der Waals surface area (Å²) in [5, 5.41) is 2.75. The summed E-state index contributed by atoms with van der Waals surface area (Å²) in [5.41, 5.74) is 1.36. The van der Waals surface area contributed by atoms with Crippen molar-refractivity contribution < 1.29 is 18.0 Å². The van der Waals surface area contributed by atoms with E-state index in [0.717, 1.165) is 11.8 Å². The summed E-state index contributed by atoms with van der Waals surface area (Å²) in [7, 11) is -3.34. The highest BCUT2D eigenvalue weighted by Crippen LogP contribution is 2.31. The van der Waals surface area contributed by atoms with E-state index in [0.29, 0.717) is 5.56 Å². The molecule has 0 aliphatic carbocycles. The number of nitrogens with zero attached hydrogens (tertiary/aromatic N) is 1. The number of amides is 3. The zero-order chi connectivity index (χ0) is 21.6. The number of imide groups is 1. The van der Waals surface area contributed by atoms with Gasteiger partial charge in [-0.05, 0) is 41.2 Å². The van der Waals surface area contributed by atoms with Gasteiger partial charge in [0, 0.05) is 6.26 Å². The molecule has 6 nitrogen and oxygen atoms in total. The molecule has 0 aromatic heterocycles. The molecule has 29 heavy (non-hydrogen) atoms. The van der Waals surface area contributed by atoms with Gasteiger partial charge in [0.25, 0.3) is 5.91 Å². The van der Waals surface area contributed by atoms with E-state index in [2.05, 4.69) is 26.1 Å². The summed E-state index contributed by atoms with van der Waals surface area (Å²) in [4.78, 5) is 27.0. The molecule has 2 aromatic rings. The first-order valence-electron chi connectivity index (χ1n) is 9.36. The van der Waals surface area contributed by atoms with Gasteiger partial charge in [0.15, 0.2) is 9.84 Å². The zero-order valence-electron chi connectivity index (χ0n) is 17.3. The van der Waals surface area contributed by atoms with Crippen LogP contribution in [0.25, 0.3) is 0 Å². The van der Waals surface area contributed by atoms with Gasteiger partial charge in [-0.15, -0.1) is 0 Å². The molecule has 0 saturated carbocycles. The Labute approximate surface area is 171 Å². The topological polar surface area (TPSA) is 83.6 Å². The van der Waals surface area contributed by atoms with Gasteiger partial charge < -0.3 is 5.32 Å². The van der Waals surface area contributed by atoms with E-state index in [1.165, 1.54) is 22.6 Å². The van der Waals surface area contributed by atoms with Crippen molar-refractivity contribution in [2.45, 2.75) is 50.1 Å². The number of carbonyl (C=O) groups is 2. The molecule has 1 unspecified atom stereocenters. The zero-order valence-corrected chi connectivity index (χ0v) is 18.1. The van der Waals surface area contributed by atoms with Gasteiger partial charge in [-0.1, -0.05) is 57.2 Å². The molecule has 7 heteroatoms. The Hall–Kier alpha value is -2.67. The second kappa shape index (κ2) is 6.99. The van der Waals surface area contributed by atoms with Gasteiger partial charge in [0.1, 0.15) is 5.54 Å². The molecule has 1 aliphatic heterocycles. The molecule has 0 radical (unpaired) electrons. The van der Waals surface area contributed by atoms with Crippen molar-refractivity contribution in [1.82, 2.24) is 10.2 Å².